The first kappa shape index (κ1) is 16.2. The highest BCUT2D eigenvalue weighted by molar-refractivity contribution is 5.77. The number of rotatable bonds is 5. The molecule has 1 aromatic heterocycles. The van der Waals surface area contributed by atoms with Gasteiger partial charge in [0.25, 0.3) is 0 Å². The first-order valence-electron chi connectivity index (χ1n) is 8.59. The number of aryl methyl sites for hydroxylation is 1. The van der Waals surface area contributed by atoms with Crippen LogP contribution in [0.25, 0.3) is 22.6 Å². The summed E-state index contributed by atoms with van der Waals surface area (Å²) in [6.07, 6.45) is 0. The molecule has 0 saturated heterocycles. The third-order valence-electron chi connectivity index (χ3n) is 4.15. The molecule has 0 saturated carbocycles. The van der Waals surface area contributed by atoms with Gasteiger partial charge in [0.05, 0.1) is 0 Å². The van der Waals surface area contributed by atoms with Crippen molar-refractivity contribution in [3.63, 3.8) is 0 Å². The molecule has 0 N–H and O–H groups in total. The number of hydrogen-bond acceptors (Lipinski definition) is 3. The van der Waals surface area contributed by atoms with E-state index >= 15 is 0 Å². The maximum Gasteiger partial charge on any atom is 0.192 e. The highest BCUT2D eigenvalue weighted by Gasteiger charge is 2.15. The first-order chi connectivity index (χ1) is 12.8. The minimum Gasteiger partial charge on any atom is -0.489 e. The Kier molecular flexibility index (Phi) is 4.52. The molecule has 3 heteroatoms. The van der Waals surface area contributed by atoms with Crippen molar-refractivity contribution in [3.8, 4) is 28.3 Å². The van der Waals surface area contributed by atoms with Gasteiger partial charge in [0.15, 0.2) is 11.7 Å². The van der Waals surface area contributed by atoms with Crippen LogP contribution < -0.4 is 4.74 Å². The summed E-state index contributed by atoms with van der Waals surface area (Å²) in [6, 6.07) is 28.2. The SMILES string of the molecule is Cc1nc(-c2ccc(OCc3ccccc3)cc2)c(-c2ccccc2)o1. The molecule has 4 aromatic rings. The fraction of sp³-hybridized carbons (Fsp3) is 0.0870. The van der Waals surface area contributed by atoms with Crippen LogP contribution in [0.4, 0.5) is 0 Å². The van der Waals surface area contributed by atoms with Crippen molar-refractivity contribution < 1.29 is 9.15 Å². The summed E-state index contributed by atoms with van der Waals surface area (Å²) in [5.41, 5.74) is 4.03. The number of ether oxygens (including phenoxy) is 1. The second kappa shape index (κ2) is 7.28. The van der Waals surface area contributed by atoms with Crippen LogP contribution in [0, 0.1) is 6.92 Å². The van der Waals surface area contributed by atoms with Crippen LogP contribution in [0.15, 0.2) is 89.3 Å². The third-order valence-corrected chi connectivity index (χ3v) is 4.15. The molecule has 4 rings (SSSR count). The van der Waals surface area contributed by atoms with Crippen molar-refractivity contribution in [1.82, 2.24) is 4.98 Å². The van der Waals surface area contributed by atoms with Crippen molar-refractivity contribution in [3.05, 3.63) is 96.4 Å². The molecule has 3 nitrogen and oxygen atoms in total. The van der Waals surface area contributed by atoms with Gasteiger partial charge in [0.1, 0.15) is 18.1 Å². The van der Waals surface area contributed by atoms with Gasteiger partial charge >= 0.3 is 0 Å². The fourth-order valence-corrected chi connectivity index (χ4v) is 2.86. The molecule has 0 aliphatic heterocycles. The third kappa shape index (κ3) is 3.52. The van der Waals surface area contributed by atoms with Crippen molar-refractivity contribution in [2.45, 2.75) is 13.5 Å². The average Bonchev–Trinajstić information content (AvgIpc) is 3.10. The van der Waals surface area contributed by atoms with E-state index in [0.29, 0.717) is 12.5 Å². The van der Waals surface area contributed by atoms with Gasteiger partial charge in [-0.05, 0) is 29.8 Å². The standard InChI is InChI=1S/C23H19NO2/c1-17-24-22(23(26-17)20-10-6-3-7-11-20)19-12-14-21(15-13-19)25-16-18-8-4-2-5-9-18/h2-15H,16H2,1H3. The van der Waals surface area contributed by atoms with Crippen LogP contribution in [-0.2, 0) is 6.61 Å². The molecule has 3 aromatic carbocycles. The lowest BCUT2D eigenvalue weighted by Crippen LogP contribution is -1.94. The highest BCUT2D eigenvalue weighted by Crippen LogP contribution is 2.33. The zero-order chi connectivity index (χ0) is 17.8. The smallest absolute Gasteiger partial charge is 0.192 e. The van der Waals surface area contributed by atoms with E-state index in [1.165, 1.54) is 0 Å². The van der Waals surface area contributed by atoms with Crippen LogP contribution in [-0.4, -0.2) is 4.98 Å². The number of aromatic nitrogens is 1. The summed E-state index contributed by atoms with van der Waals surface area (Å²) in [7, 11) is 0. The molecule has 0 aliphatic rings. The Hall–Kier alpha value is -3.33. The van der Waals surface area contributed by atoms with Crippen molar-refractivity contribution in [2.75, 3.05) is 0 Å². The van der Waals surface area contributed by atoms with E-state index in [9.17, 15) is 0 Å². The van der Waals surface area contributed by atoms with E-state index in [1.54, 1.807) is 0 Å². The maximum atomic E-state index is 5.86. The minimum atomic E-state index is 0.554. The minimum absolute atomic E-state index is 0.554. The van der Waals surface area contributed by atoms with Gasteiger partial charge in [-0.3, -0.25) is 0 Å². The zero-order valence-corrected chi connectivity index (χ0v) is 14.6. The molecule has 0 spiro atoms. The predicted octanol–water partition coefficient (Wildman–Crippen LogP) is 5.90. The summed E-state index contributed by atoms with van der Waals surface area (Å²) in [6.45, 7) is 2.42. The lowest BCUT2D eigenvalue weighted by Gasteiger charge is -2.07. The Morgan fingerprint density at radius 2 is 1.42 bits per heavy atom. The number of oxazole rings is 1. The van der Waals surface area contributed by atoms with E-state index in [2.05, 4.69) is 17.1 Å². The van der Waals surface area contributed by atoms with E-state index in [0.717, 1.165) is 33.9 Å². The molecule has 0 atom stereocenters. The summed E-state index contributed by atoms with van der Waals surface area (Å²) in [4.78, 5) is 4.57. The molecule has 128 valence electrons. The van der Waals surface area contributed by atoms with E-state index in [1.807, 2.05) is 79.7 Å². The Morgan fingerprint density at radius 1 is 0.769 bits per heavy atom. The van der Waals surface area contributed by atoms with E-state index in [4.69, 9.17) is 9.15 Å². The average molecular weight is 341 g/mol. The molecule has 1 heterocycles. The van der Waals surface area contributed by atoms with Crippen LogP contribution in [0.3, 0.4) is 0 Å². The molecule has 0 fully saturated rings. The Morgan fingerprint density at radius 3 is 2.12 bits per heavy atom. The summed E-state index contributed by atoms with van der Waals surface area (Å²) in [5.74, 6) is 2.28. The number of nitrogens with zero attached hydrogens (tertiary/aromatic N) is 1. The van der Waals surface area contributed by atoms with Crippen LogP contribution in [0.1, 0.15) is 11.5 Å². The Labute approximate surface area is 152 Å². The molecule has 26 heavy (non-hydrogen) atoms. The fourth-order valence-electron chi connectivity index (χ4n) is 2.86. The summed E-state index contributed by atoms with van der Waals surface area (Å²) >= 11 is 0. The molecule has 0 bridgehead atoms. The Balaban J connectivity index is 1.56. The first-order valence-corrected chi connectivity index (χ1v) is 8.59. The normalized spacial score (nSPS) is 10.7. The predicted molar refractivity (Wildman–Crippen MR) is 103 cm³/mol. The van der Waals surface area contributed by atoms with Gasteiger partial charge in [-0.2, -0.15) is 0 Å². The highest BCUT2D eigenvalue weighted by atomic mass is 16.5. The van der Waals surface area contributed by atoms with Crippen molar-refractivity contribution in [1.29, 1.82) is 0 Å². The molecule has 0 unspecified atom stereocenters. The molecule has 0 radical (unpaired) electrons. The largest absolute Gasteiger partial charge is 0.489 e. The van der Waals surface area contributed by atoms with Crippen LogP contribution in [0.2, 0.25) is 0 Å². The second-order valence-electron chi connectivity index (χ2n) is 6.08. The van der Waals surface area contributed by atoms with Gasteiger partial charge < -0.3 is 9.15 Å². The summed E-state index contributed by atoms with van der Waals surface area (Å²) in [5, 5.41) is 0. The van der Waals surface area contributed by atoms with Crippen LogP contribution >= 0.6 is 0 Å². The quantitative estimate of drug-likeness (QED) is 0.453. The van der Waals surface area contributed by atoms with Gasteiger partial charge in [-0.15, -0.1) is 0 Å². The molecular formula is C23H19NO2. The van der Waals surface area contributed by atoms with E-state index in [-0.39, 0.29) is 0 Å². The lowest BCUT2D eigenvalue weighted by atomic mass is 10.1. The van der Waals surface area contributed by atoms with Crippen molar-refractivity contribution in [2.24, 2.45) is 0 Å². The van der Waals surface area contributed by atoms with Gasteiger partial charge in [0, 0.05) is 18.1 Å². The second-order valence-corrected chi connectivity index (χ2v) is 6.08. The van der Waals surface area contributed by atoms with Crippen LogP contribution in [0.5, 0.6) is 5.75 Å². The topological polar surface area (TPSA) is 35.3 Å². The molecule has 0 amide bonds. The zero-order valence-electron chi connectivity index (χ0n) is 14.6. The van der Waals surface area contributed by atoms with Crippen molar-refractivity contribution >= 4 is 0 Å². The molecular weight excluding hydrogens is 322 g/mol. The van der Waals surface area contributed by atoms with Gasteiger partial charge in [0.2, 0.25) is 0 Å². The van der Waals surface area contributed by atoms with Gasteiger partial charge in [-0.25, -0.2) is 4.98 Å². The van der Waals surface area contributed by atoms with Gasteiger partial charge in [-0.1, -0.05) is 60.7 Å². The number of benzene rings is 3. The maximum absolute atomic E-state index is 5.86. The number of hydrogen-bond donors (Lipinski definition) is 0. The lowest BCUT2D eigenvalue weighted by molar-refractivity contribution is 0.306. The Bertz CT molecular complexity index is 974. The van der Waals surface area contributed by atoms with E-state index < -0.39 is 0 Å². The monoisotopic (exact) mass is 341 g/mol. The molecule has 0 aliphatic carbocycles. The summed E-state index contributed by atoms with van der Waals surface area (Å²) < 4.78 is 11.7.